The van der Waals surface area contributed by atoms with E-state index in [1.54, 1.807) is 0 Å². The zero-order valence-electron chi connectivity index (χ0n) is 15.8. The van der Waals surface area contributed by atoms with Gasteiger partial charge in [-0.3, -0.25) is 9.59 Å². The number of fused-ring (bicyclic) bond motifs is 1. The minimum atomic E-state index is -0.911. The third-order valence-corrected chi connectivity index (χ3v) is 5.05. The molecule has 0 radical (unpaired) electrons. The molecule has 2 aromatic rings. The first-order chi connectivity index (χ1) is 13.3. The molecule has 3 rings (SSSR count). The van der Waals surface area contributed by atoms with Gasteiger partial charge in [-0.15, -0.1) is 0 Å². The van der Waals surface area contributed by atoms with Crippen molar-refractivity contribution in [2.45, 2.75) is 38.9 Å². The van der Waals surface area contributed by atoms with Gasteiger partial charge in [0.25, 0.3) is 0 Å². The molecular weight excluding hydrogens is 364 g/mol. The Kier molecular flexibility index (Phi) is 5.74. The topological polar surface area (TPSA) is 75.4 Å². The number of carbonyl (C=O) groups is 2. The maximum absolute atomic E-state index is 14.0. The van der Waals surface area contributed by atoms with Crippen molar-refractivity contribution in [2.75, 3.05) is 5.32 Å². The average molecular weight is 387 g/mol. The molecule has 0 spiro atoms. The van der Waals surface area contributed by atoms with Gasteiger partial charge in [0.05, 0.1) is 6.04 Å². The fraction of sp³-hybridized carbons (Fsp3) is 0.333. The van der Waals surface area contributed by atoms with Crippen LogP contribution in [-0.2, 0) is 22.6 Å². The molecule has 0 bridgehead atoms. The standard InChI is InChI=1S/C21H23F2N3O2/c1-12(2)18(24)21(28)26-11-14-7-4-3-6-13(14)10-17(26)20(27)25-19-15(22)8-5-9-16(19)23/h3-9,12,17-18H,10-11,24H2,1-2H3,(H,25,27)/t17-,18-/m0/s1. The van der Waals surface area contributed by atoms with Gasteiger partial charge in [-0.2, -0.15) is 0 Å². The summed E-state index contributed by atoms with van der Waals surface area (Å²) in [6, 6.07) is 9.13. The average Bonchev–Trinajstić information content (AvgIpc) is 2.68. The minimum Gasteiger partial charge on any atom is -0.325 e. The molecule has 0 saturated carbocycles. The molecule has 0 unspecified atom stereocenters. The summed E-state index contributed by atoms with van der Waals surface area (Å²) < 4.78 is 27.9. The van der Waals surface area contributed by atoms with E-state index in [1.165, 1.54) is 11.0 Å². The Balaban J connectivity index is 1.93. The van der Waals surface area contributed by atoms with E-state index in [2.05, 4.69) is 5.32 Å². The first-order valence-corrected chi connectivity index (χ1v) is 9.17. The Morgan fingerprint density at radius 2 is 1.68 bits per heavy atom. The number of hydrogen-bond acceptors (Lipinski definition) is 3. The molecule has 0 aliphatic carbocycles. The molecular formula is C21H23F2N3O2. The van der Waals surface area contributed by atoms with Gasteiger partial charge in [-0.05, 0) is 29.2 Å². The van der Waals surface area contributed by atoms with Crippen molar-refractivity contribution in [3.05, 3.63) is 65.2 Å². The third kappa shape index (κ3) is 3.89. The SMILES string of the molecule is CC(C)[C@H](N)C(=O)N1Cc2ccccc2C[C@H]1C(=O)Nc1c(F)cccc1F. The number of halogens is 2. The molecule has 3 N–H and O–H groups in total. The van der Waals surface area contributed by atoms with Crippen molar-refractivity contribution in [1.82, 2.24) is 4.90 Å². The van der Waals surface area contributed by atoms with E-state index in [9.17, 15) is 18.4 Å². The zero-order chi connectivity index (χ0) is 20.4. The number of para-hydroxylation sites is 1. The fourth-order valence-corrected chi connectivity index (χ4v) is 3.29. The Hall–Kier alpha value is -2.80. The number of hydrogen-bond donors (Lipinski definition) is 2. The monoisotopic (exact) mass is 387 g/mol. The molecule has 0 fully saturated rings. The van der Waals surface area contributed by atoms with Gasteiger partial charge < -0.3 is 16.0 Å². The van der Waals surface area contributed by atoms with Crippen molar-refractivity contribution in [2.24, 2.45) is 11.7 Å². The lowest BCUT2D eigenvalue weighted by molar-refractivity contribution is -0.141. The van der Waals surface area contributed by atoms with E-state index < -0.39 is 35.3 Å². The van der Waals surface area contributed by atoms with Crippen LogP contribution in [0.15, 0.2) is 42.5 Å². The Labute approximate surface area is 162 Å². The van der Waals surface area contributed by atoms with Crippen LogP contribution in [0.3, 0.4) is 0 Å². The smallest absolute Gasteiger partial charge is 0.247 e. The van der Waals surface area contributed by atoms with Crippen molar-refractivity contribution in [1.29, 1.82) is 0 Å². The lowest BCUT2D eigenvalue weighted by atomic mass is 9.91. The van der Waals surface area contributed by atoms with Crippen molar-refractivity contribution in [3.63, 3.8) is 0 Å². The van der Waals surface area contributed by atoms with Crippen LogP contribution in [0.5, 0.6) is 0 Å². The quantitative estimate of drug-likeness (QED) is 0.847. The highest BCUT2D eigenvalue weighted by Gasteiger charge is 2.37. The second-order valence-electron chi connectivity index (χ2n) is 7.31. The van der Waals surface area contributed by atoms with Gasteiger partial charge in [0.2, 0.25) is 11.8 Å². The maximum atomic E-state index is 14.0. The van der Waals surface area contributed by atoms with Crippen LogP contribution in [0.4, 0.5) is 14.5 Å². The molecule has 0 saturated heterocycles. The molecule has 2 atom stereocenters. The van der Waals surface area contributed by atoms with Gasteiger partial charge in [-0.1, -0.05) is 44.2 Å². The lowest BCUT2D eigenvalue weighted by Gasteiger charge is -2.38. The van der Waals surface area contributed by atoms with Gasteiger partial charge in [0, 0.05) is 13.0 Å². The van der Waals surface area contributed by atoms with Gasteiger partial charge in [-0.25, -0.2) is 8.78 Å². The number of carbonyl (C=O) groups excluding carboxylic acids is 2. The molecule has 1 aliphatic rings. The number of nitrogens with zero attached hydrogens (tertiary/aromatic N) is 1. The summed E-state index contributed by atoms with van der Waals surface area (Å²) in [6.45, 7) is 3.86. The van der Waals surface area contributed by atoms with Crippen LogP contribution in [0.2, 0.25) is 0 Å². The summed E-state index contributed by atoms with van der Waals surface area (Å²) >= 11 is 0. The number of anilines is 1. The van der Waals surface area contributed by atoms with Crippen LogP contribution in [-0.4, -0.2) is 28.8 Å². The number of nitrogens with two attached hydrogens (primary N) is 1. The minimum absolute atomic E-state index is 0.114. The second-order valence-corrected chi connectivity index (χ2v) is 7.31. The van der Waals surface area contributed by atoms with Crippen molar-refractivity contribution >= 4 is 17.5 Å². The predicted octanol–water partition coefficient (Wildman–Crippen LogP) is 2.84. The normalized spacial score (nSPS) is 17.2. The highest BCUT2D eigenvalue weighted by atomic mass is 19.1. The third-order valence-electron chi connectivity index (χ3n) is 5.05. The summed E-state index contributed by atoms with van der Waals surface area (Å²) in [7, 11) is 0. The van der Waals surface area contributed by atoms with Crippen molar-refractivity contribution < 1.29 is 18.4 Å². The highest BCUT2D eigenvalue weighted by Crippen LogP contribution is 2.26. The first-order valence-electron chi connectivity index (χ1n) is 9.17. The van der Waals surface area contributed by atoms with E-state index in [-0.39, 0.29) is 24.8 Å². The van der Waals surface area contributed by atoms with E-state index in [0.29, 0.717) is 0 Å². The summed E-state index contributed by atoms with van der Waals surface area (Å²) in [5, 5.41) is 2.31. The van der Waals surface area contributed by atoms with E-state index >= 15 is 0 Å². The summed E-state index contributed by atoms with van der Waals surface area (Å²) in [4.78, 5) is 27.2. The maximum Gasteiger partial charge on any atom is 0.247 e. The number of benzene rings is 2. The van der Waals surface area contributed by atoms with Crippen LogP contribution in [0, 0.1) is 17.6 Å². The predicted molar refractivity (Wildman–Crippen MR) is 102 cm³/mol. The largest absolute Gasteiger partial charge is 0.325 e. The van der Waals surface area contributed by atoms with Crippen LogP contribution >= 0.6 is 0 Å². The Morgan fingerprint density at radius 3 is 2.29 bits per heavy atom. The number of nitrogens with one attached hydrogen (secondary N) is 1. The molecule has 2 amide bonds. The number of rotatable bonds is 4. The molecule has 7 heteroatoms. The van der Waals surface area contributed by atoms with Gasteiger partial charge in [0.1, 0.15) is 23.4 Å². The Bertz CT molecular complexity index is 881. The molecule has 5 nitrogen and oxygen atoms in total. The summed E-state index contributed by atoms with van der Waals surface area (Å²) in [6.07, 6.45) is 0.245. The summed E-state index contributed by atoms with van der Waals surface area (Å²) in [5.74, 6) is -2.87. The van der Waals surface area contributed by atoms with Crippen LogP contribution in [0.1, 0.15) is 25.0 Å². The molecule has 0 aromatic heterocycles. The second kappa shape index (κ2) is 8.06. The highest BCUT2D eigenvalue weighted by molar-refractivity contribution is 5.98. The molecule has 2 aromatic carbocycles. The molecule has 148 valence electrons. The molecule has 1 heterocycles. The van der Waals surface area contributed by atoms with Crippen LogP contribution in [0.25, 0.3) is 0 Å². The van der Waals surface area contributed by atoms with Gasteiger partial charge >= 0.3 is 0 Å². The van der Waals surface area contributed by atoms with E-state index in [0.717, 1.165) is 23.3 Å². The Morgan fingerprint density at radius 1 is 1.07 bits per heavy atom. The molecule has 1 aliphatic heterocycles. The van der Waals surface area contributed by atoms with E-state index in [1.807, 2.05) is 38.1 Å². The van der Waals surface area contributed by atoms with Crippen LogP contribution < -0.4 is 11.1 Å². The first kappa shape index (κ1) is 19.9. The zero-order valence-corrected chi connectivity index (χ0v) is 15.8. The summed E-state index contributed by atoms with van der Waals surface area (Å²) in [5.41, 5.74) is 7.35. The van der Waals surface area contributed by atoms with Gasteiger partial charge in [0.15, 0.2) is 0 Å². The lowest BCUT2D eigenvalue weighted by Crippen LogP contribution is -2.56. The van der Waals surface area contributed by atoms with E-state index in [4.69, 9.17) is 5.73 Å². The van der Waals surface area contributed by atoms with Crippen molar-refractivity contribution in [3.8, 4) is 0 Å². The fourth-order valence-electron chi connectivity index (χ4n) is 3.29. The molecule has 28 heavy (non-hydrogen) atoms. The number of amides is 2.